The Morgan fingerprint density at radius 2 is 2.24 bits per heavy atom. The Kier molecular flexibility index (Phi) is 3.18. The van der Waals surface area contributed by atoms with Crippen molar-refractivity contribution in [2.75, 3.05) is 26.2 Å². The van der Waals surface area contributed by atoms with E-state index >= 15 is 0 Å². The molecule has 0 spiro atoms. The van der Waals surface area contributed by atoms with Crippen LogP contribution in [-0.4, -0.2) is 48.8 Å². The van der Waals surface area contributed by atoms with Crippen molar-refractivity contribution in [1.29, 1.82) is 0 Å². The Bertz CT molecular complexity index is 271. The lowest BCUT2D eigenvalue weighted by Gasteiger charge is -2.42. The molecule has 1 aliphatic carbocycles. The normalized spacial score (nSPS) is 44.1. The summed E-state index contributed by atoms with van der Waals surface area (Å²) in [7, 11) is 0. The van der Waals surface area contributed by atoms with Gasteiger partial charge in [-0.25, -0.2) is 0 Å². The average Bonchev–Trinajstić information content (AvgIpc) is 3.06. The fraction of sp³-hybridized carbons (Fsp3) is 1.00. The molecule has 1 N–H and O–H groups in total. The molecular weight excluding hydrogens is 212 g/mol. The first kappa shape index (κ1) is 11.9. The molecule has 2 heterocycles. The number of ether oxygens (including phenoxy) is 1. The molecule has 0 aromatic heterocycles. The Hall–Kier alpha value is -0.120. The van der Waals surface area contributed by atoms with Gasteiger partial charge in [0.05, 0.1) is 5.60 Å². The SMILES string of the molecule is CC1CNC(C2CC2)CN1CC1(C)CCCO1. The van der Waals surface area contributed by atoms with Gasteiger partial charge in [-0.2, -0.15) is 0 Å². The van der Waals surface area contributed by atoms with Crippen LogP contribution < -0.4 is 5.32 Å². The number of rotatable bonds is 3. The summed E-state index contributed by atoms with van der Waals surface area (Å²) in [5.41, 5.74) is 0.125. The third-order valence-electron chi connectivity index (χ3n) is 4.76. The molecule has 0 radical (unpaired) electrons. The van der Waals surface area contributed by atoms with Crippen LogP contribution >= 0.6 is 0 Å². The molecule has 0 amide bonds. The van der Waals surface area contributed by atoms with E-state index in [4.69, 9.17) is 4.74 Å². The molecule has 3 rings (SSSR count). The third-order valence-corrected chi connectivity index (χ3v) is 4.76. The zero-order valence-corrected chi connectivity index (χ0v) is 11.2. The molecule has 3 heteroatoms. The van der Waals surface area contributed by atoms with E-state index in [1.807, 2.05) is 0 Å². The van der Waals surface area contributed by atoms with Crippen molar-refractivity contribution in [3.05, 3.63) is 0 Å². The molecule has 3 atom stereocenters. The van der Waals surface area contributed by atoms with Crippen molar-refractivity contribution >= 4 is 0 Å². The largest absolute Gasteiger partial charge is 0.374 e. The van der Waals surface area contributed by atoms with Crippen molar-refractivity contribution < 1.29 is 4.74 Å². The second-order valence-electron chi connectivity index (χ2n) is 6.53. The van der Waals surface area contributed by atoms with Crippen LogP contribution in [0.5, 0.6) is 0 Å². The minimum Gasteiger partial charge on any atom is -0.374 e. The highest BCUT2D eigenvalue weighted by atomic mass is 16.5. The lowest BCUT2D eigenvalue weighted by atomic mass is 9.98. The van der Waals surface area contributed by atoms with Gasteiger partial charge >= 0.3 is 0 Å². The second kappa shape index (κ2) is 4.52. The van der Waals surface area contributed by atoms with Gasteiger partial charge in [-0.05, 0) is 45.4 Å². The molecule has 98 valence electrons. The van der Waals surface area contributed by atoms with Crippen LogP contribution in [0.25, 0.3) is 0 Å². The summed E-state index contributed by atoms with van der Waals surface area (Å²) in [5, 5.41) is 3.72. The molecule has 17 heavy (non-hydrogen) atoms. The third kappa shape index (κ3) is 2.67. The molecule has 3 fully saturated rings. The van der Waals surface area contributed by atoms with Crippen molar-refractivity contribution in [2.24, 2.45) is 5.92 Å². The number of piperazine rings is 1. The second-order valence-corrected chi connectivity index (χ2v) is 6.53. The van der Waals surface area contributed by atoms with E-state index in [-0.39, 0.29) is 5.60 Å². The van der Waals surface area contributed by atoms with Gasteiger partial charge in [-0.3, -0.25) is 4.90 Å². The summed E-state index contributed by atoms with van der Waals surface area (Å²) < 4.78 is 5.94. The van der Waals surface area contributed by atoms with Crippen molar-refractivity contribution in [2.45, 2.75) is 57.2 Å². The minimum absolute atomic E-state index is 0.125. The average molecular weight is 238 g/mol. The molecule has 2 aliphatic heterocycles. The van der Waals surface area contributed by atoms with Crippen molar-refractivity contribution in [3.63, 3.8) is 0 Å². The van der Waals surface area contributed by atoms with Gasteiger partial charge in [-0.15, -0.1) is 0 Å². The summed E-state index contributed by atoms with van der Waals surface area (Å²) in [6.07, 6.45) is 5.35. The number of nitrogens with one attached hydrogen (secondary N) is 1. The van der Waals surface area contributed by atoms with Crippen LogP contribution in [0, 0.1) is 5.92 Å². The number of hydrogen-bond acceptors (Lipinski definition) is 3. The summed E-state index contributed by atoms with van der Waals surface area (Å²) >= 11 is 0. The number of hydrogen-bond donors (Lipinski definition) is 1. The predicted molar refractivity (Wildman–Crippen MR) is 69.1 cm³/mol. The maximum absolute atomic E-state index is 5.94. The molecule has 0 bridgehead atoms. The summed E-state index contributed by atoms with van der Waals surface area (Å²) in [5.74, 6) is 0.960. The van der Waals surface area contributed by atoms with E-state index in [1.165, 1.54) is 32.2 Å². The first-order chi connectivity index (χ1) is 8.16. The van der Waals surface area contributed by atoms with Crippen LogP contribution in [0.2, 0.25) is 0 Å². The molecular formula is C14H26N2O. The lowest BCUT2D eigenvalue weighted by Crippen LogP contribution is -2.59. The first-order valence-electron chi connectivity index (χ1n) is 7.28. The smallest absolute Gasteiger partial charge is 0.0781 e. The highest BCUT2D eigenvalue weighted by Crippen LogP contribution is 2.35. The standard InChI is InChI=1S/C14H26N2O/c1-11-8-15-13(12-4-5-12)9-16(11)10-14(2)6-3-7-17-14/h11-13,15H,3-10H2,1-2H3. The van der Waals surface area contributed by atoms with Gasteiger partial charge < -0.3 is 10.1 Å². The maximum atomic E-state index is 5.94. The highest BCUT2D eigenvalue weighted by Gasteiger charge is 2.39. The molecule has 3 unspecified atom stereocenters. The van der Waals surface area contributed by atoms with Crippen LogP contribution in [0.4, 0.5) is 0 Å². The van der Waals surface area contributed by atoms with Crippen LogP contribution in [0.3, 0.4) is 0 Å². The highest BCUT2D eigenvalue weighted by molar-refractivity contribution is 4.96. The van der Waals surface area contributed by atoms with Crippen LogP contribution in [0.1, 0.15) is 39.5 Å². The molecule has 2 saturated heterocycles. The van der Waals surface area contributed by atoms with Gasteiger partial charge in [-0.1, -0.05) is 0 Å². The Labute approximate surface area is 105 Å². The van der Waals surface area contributed by atoms with E-state index < -0.39 is 0 Å². The zero-order chi connectivity index (χ0) is 11.9. The molecule has 0 aromatic rings. The van der Waals surface area contributed by atoms with Crippen molar-refractivity contribution in [3.8, 4) is 0 Å². The molecule has 0 aromatic carbocycles. The Morgan fingerprint density at radius 1 is 1.41 bits per heavy atom. The van der Waals surface area contributed by atoms with Gasteiger partial charge in [0.2, 0.25) is 0 Å². The fourth-order valence-corrected chi connectivity index (χ4v) is 3.37. The maximum Gasteiger partial charge on any atom is 0.0781 e. The van der Waals surface area contributed by atoms with Crippen molar-refractivity contribution in [1.82, 2.24) is 10.2 Å². The number of nitrogens with zero attached hydrogens (tertiary/aromatic N) is 1. The summed E-state index contributed by atoms with van der Waals surface area (Å²) in [4.78, 5) is 2.66. The molecule has 3 aliphatic rings. The molecule has 1 saturated carbocycles. The fourth-order valence-electron chi connectivity index (χ4n) is 3.37. The van der Waals surface area contributed by atoms with E-state index in [1.54, 1.807) is 0 Å². The van der Waals surface area contributed by atoms with Crippen LogP contribution in [0.15, 0.2) is 0 Å². The monoisotopic (exact) mass is 238 g/mol. The van der Waals surface area contributed by atoms with Gasteiger partial charge in [0, 0.05) is 38.3 Å². The molecule has 3 nitrogen and oxygen atoms in total. The van der Waals surface area contributed by atoms with Gasteiger partial charge in [0.1, 0.15) is 0 Å². The summed E-state index contributed by atoms with van der Waals surface area (Å²) in [6, 6.07) is 1.40. The van der Waals surface area contributed by atoms with Gasteiger partial charge in [0.25, 0.3) is 0 Å². The Balaban J connectivity index is 1.59. The van der Waals surface area contributed by atoms with E-state index in [9.17, 15) is 0 Å². The van der Waals surface area contributed by atoms with Crippen LogP contribution in [-0.2, 0) is 4.74 Å². The quantitative estimate of drug-likeness (QED) is 0.809. The van der Waals surface area contributed by atoms with E-state index in [0.717, 1.165) is 31.7 Å². The zero-order valence-electron chi connectivity index (χ0n) is 11.2. The first-order valence-corrected chi connectivity index (χ1v) is 7.28. The predicted octanol–water partition coefficient (Wildman–Crippen LogP) is 1.63. The summed E-state index contributed by atoms with van der Waals surface area (Å²) in [6.45, 7) is 9.10. The Morgan fingerprint density at radius 3 is 2.88 bits per heavy atom. The minimum atomic E-state index is 0.125. The van der Waals surface area contributed by atoms with Gasteiger partial charge in [0.15, 0.2) is 0 Å². The van der Waals surface area contributed by atoms with E-state index in [0.29, 0.717) is 6.04 Å². The lowest BCUT2D eigenvalue weighted by molar-refractivity contribution is -0.0264. The topological polar surface area (TPSA) is 24.5 Å². The van der Waals surface area contributed by atoms with E-state index in [2.05, 4.69) is 24.1 Å².